The molecule has 0 heterocycles. The van der Waals surface area contributed by atoms with E-state index in [9.17, 15) is 14.4 Å². The van der Waals surface area contributed by atoms with E-state index in [0.29, 0.717) is 0 Å². The second-order valence-electron chi connectivity index (χ2n) is 4.85. The molecule has 2 unspecified atom stereocenters. The molecule has 2 fully saturated rings. The Hall–Kier alpha value is -1.81. The molecule has 0 saturated heterocycles. The van der Waals surface area contributed by atoms with Crippen molar-refractivity contribution in [3.63, 3.8) is 0 Å². The van der Waals surface area contributed by atoms with Crippen molar-refractivity contribution in [1.29, 1.82) is 0 Å². The lowest BCUT2D eigenvalue weighted by molar-refractivity contribution is -0.141. The number of rotatable bonds is 0. The van der Waals surface area contributed by atoms with Crippen molar-refractivity contribution in [1.82, 2.24) is 0 Å². The van der Waals surface area contributed by atoms with E-state index in [1.54, 1.807) is 0 Å². The van der Waals surface area contributed by atoms with Crippen LogP contribution in [0.1, 0.15) is 25.7 Å². The molecular weight excluding hydrogens is 244 g/mol. The molecule has 0 amide bonds. The second kappa shape index (κ2) is 6.38. The molecule has 102 valence electrons. The van der Waals surface area contributed by atoms with Gasteiger partial charge in [0.15, 0.2) is 0 Å². The van der Waals surface area contributed by atoms with Crippen LogP contribution in [0.15, 0.2) is 36.5 Å². The van der Waals surface area contributed by atoms with Gasteiger partial charge in [-0.05, 0) is 18.4 Å². The Morgan fingerprint density at radius 3 is 1.63 bits per heavy atom. The first-order valence-electron chi connectivity index (χ1n) is 6.27. The molecular formula is C15H18O4. The van der Waals surface area contributed by atoms with Crippen molar-refractivity contribution >= 4 is 17.3 Å². The summed E-state index contributed by atoms with van der Waals surface area (Å²) in [5.41, 5.74) is 1.09. The normalized spacial score (nSPS) is 27.8. The minimum Gasteiger partial charge on any atom is -0.412 e. The molecule has 3 aliphatic rings. The van der Waals surface area contributed by atoms with Gasteiger partial charge in [-0.2, -0.15) is 0 Å². The zero-order chi connectivity index (χ0) is 13.1. The SMILES string of the molecule is C=C1C=CC=C1.O.O=C1C(=O)C2CCCCC2C1=O. The Labute approximate surface area is 112 Å². The third-order valence-corrected chi connectivity index (χ3v) is 3.62. The highest BCUT2D eigenvalue weighted by Gasteiger charge is 2.48. The summed E-state index contributed by atoms with van der Waals surface area (Å²) >= 11 is 0. The summed E-state index contributed by atoms with van der Waals surface area (Å²) in [7, 11) is 0. The summed E-state index contributed by atoms with van der Waals surface area (Å²) in [5.74, 6) is -2.10. The Morgan fingerprint density at radius 1 is 0.895 bits per heavy atom. The lowest BCUT2D eigenvalue weighted by atomic mass is 9.81. The number of allylic oxidation sites excluding steroid dienone is 5. The van der Waals surface area contributed by atoms with Gasteiger partial charge in [-0.25, -0.2) is 0 Å². The van der Waals surface area contributed by atoms with Crippen molar-refractivity contribution in [2.75, 3.05) is 0 Å². The van der Waals surface area contributed by atoms with Gasteiger partial charge in [-0.15, -0.1) is 0 Å². The molecule has 0 radical (unpaired) electrons. The third kappa shape index (κ3) is 3.15. The fourth-order valence-electron chi connectivity index (χ4n) is 2.63. The van der Waals surface area contributed by atoms with Crippen LogP contribution in [0.4, 0.5) is 0 Å². The van der Waals surface area contributed by atoms with Crippen LogP contribution in [-0.2, 0) is 14.4 Å². The summed E-state index contributed by atoms with van der Waals surface area (Å²) < 4.78 is 0. The van der Waals surface area contributed by atoms with Crippen LogP contribution in [0.5, 0.6) is 0 Å². The number of fused-ring (bicyclic) bond motifs is 1. The lowest BCUT2D eigenvalue weighted by Gasteiger charge is -2.20. The number of hydrogen-bond acceptors (Lipinski definition) is 3. The van der Waals surface area contributed by atoms with Crippen molar-refractivity contribution in [3.05, 3.63) is 36.5 Å². The number of carbonyl (C=O) groups excluding carboxylic acids is 3. The van der Waals surface area contributed by atoms with Crippen molar-refractivity contribution < 1.29 is 19.9 Å². The maximum atomic E-state index is 11.2. The first-order valence-corrected chi connectivity index (χ1v) is 6.27. The summed E-state index contributed by atoms with van der Waals surface area (Å²) in [6.07, 6.45) is 11.3. The number of Topliss-reactive ketones (excluding diaryl/α,β-unsaturated/α-hetero) is 3. The Kier molecular flexibility index (Phi) is 5.12. The molecule has 19 heavy (non-hydrogen) atoms. The fourth-order valence-corrected chi connectivity index (χ4v) is 2.63. The molecule has 0 aliphatic heterocycles. The van der Waals surface area contributed by atoms with Gasteiger partial charge in [0, 0.05) is 11.8 Å². The summed E-state index contributed by atoms with van der Waals surface area (Å²) in [6.45, 7) is 3.68. The molecule has 0 spiro atoms. The van der Waals surface area contributed by atoms with Crippen LogP contribution >= 0.6 is 0 Å². The summed E-state index contributed by atoms with van der Waals surface area (Å²) in [5, 5.41) is 0. The largest absolute Gasteiger partial charge is 0.412 e. The van der Waals surface area contributed by atoms with E-state index in [1.807, 2.05) is 24.3 Å². The molecule has 4 nitrogen and oxygen atoms in total. The van der Waals surface area contributed by atoms with Gasteiger partial charge in [0.1, 0.15) is 0 Å². The molecule has 2 atom stereocenters. The number of carbonyl (C=O) groups is 3. The topological polar surface area (TPSA) is 82.7 Å². The predicted molar refractivity (Wildman–Crippen MR) is 71.5 cm³/mol. The second-order valence-corrected chi connectivity index (χ2v) is 4.85. The van der Waals surface area contributed by atoms with Crippen LogP contribution in [0.25, 0.3) is 0 Å². The van der Waals surface area contributed by atoms with Crippen LogP contribution in [0.3, 0.4) is 0 Å². The zero-order valence-electron chi connectivity index (χ0n) is 10.7. The van der Waals surface area contributed by atoms with Crippen molar-refractivity contribution in [2.45, 2.75) is 25.7 Å². The van der Waals surface area contributed by atoms with E-state index < -0.39 is 17.3 Å². The van der Waals surface area contributed by atoms with Crippen molar-refractivity contribution in [2.24, 2.45) is 11.8 Å². The maximum Gasteiger partial charge on any atom is 0.264 e. The summed E-state index contributed by atoms with van der Waals surface area (Å²) in [6, 6.07) is 0. The third-order valence-electron chi connectivity index (χ3n) is 3.62. The van der Waals surface area contributed by atoms with Crippen LogP contribution in [0, 0.1) is 11.8 Å². The van der Waals surface area contributed by atoms with E-state index >= 15 is 0 Å². The molecule has 0 bridgehead atoms. The van der Waals surface area contributed by atoms with E-state index in [1.165, 1.54) is 0 Å². The summed E-state index contributed by atoms with van der Waals surface area (Å²) in [4.78, 5) is 33.3. The van der Waals surface area contributed by atoms with Crippen LogP contribution in [-0.4, -0.2) is 22.8 Å². The maximum absolute atomic E-state index is 11.2. The van der Waals surface area contributed by atoms with E-state index in [2.05, 4.69) is 6.58 Å². The predicted octanol–water partition coefficient (Wildman–Crippen LogP) is 1.36. The highest BCUT2D eigenvalue weighted by atomic mass is 16.2. The number of ketones is 3. The number of hydrogen-bond donors (Lipinski definition) is 0. The van der Waals surface area contributed by atoms with Gasteiger partial charge in [0.05, 0.1) is 0 Å². The van der Waals surface area contributed by atoms with E-state index in [4.69, 9.17) is 0 Å². The van der Waals surface area contributed by atoms with Crippen LogP contribution < -0.4 is 0 Å². The quantitative estimate of drug-likeness (QED) is 0.618. The average Bonchev–Trinajstić information content (AvgIpc) is 2.94. The highest BCUT2D eigenvalue weighted by Crippen LogP contribution is 2.36. The smallest absolute Gasteiger partial charge is 0.264 e. The first kappa shape index (κ1) is 15.2. The molecule has 2 N–H and O–H groups in total. The van der Waals surface area contributed by atoms with Gasteiger partial charge in [-0.1, -0.05) is 43.7 Å². The zero-order valence-corrected chi connectivity index (χ0v) is 10.7. The average molecular weight is 262 g/mol. The molecule has 3 rings (SSSR count). The lowest BCUT2D eigenvalue weighted by Crippen LogP contribution is -2.21. The van der Waals surface area contributed by atoms with E-state index in [-0.39, 0.29) is 17.3 Å². The Morgan fingerprint density at radius 2 is 1.32 bits per heavy atom. The van der Waals surface area contributed by atoms with Crippen LogP contribution in [0.2, 0.25) is 0 Å². The standard InChI is InChI=1S/C9H10O3.C6H6.H2O/c10-7-5-3-1-2-4-6(5)8(11)9(7)12;1-6-4-2-3-5-6;/h5-6H,1-4H2;2-5H,1H2;1H2. The highest BCUT2D eigenvalue weighted by molar-refractivity contribution is 6.68. The Balaban J connectivity index is 0.000000220. The van der Waals surface area contributed by atoms with Gasteiger partial charge >= 0.3 is 0 Å². The van der Waals surface area contributed by atoms with Gasteiger partial charge in [-0.3, -0.25) is 14.4 Å². The molecule has 0 aromatic rings. The van der Waals surface area contributed by atoms with Gasteiger partial charge in [0.25, 0.3) is 5.78 Å². The van der Waals surface area contributed by atoms with Gasteiger partial charge in [0.2, 0.25) is 11.6 Å². The minimum absolute atomic E-state index is 0. The molecule has 2 saturated carbocycles. The van der Waals surface area contributed by atoms with Crippen molar-refractivity contribution in [3.8, 4) is 0 Å². The molecule has 3 aliphatic carbocycles. The fraction of sp³-hybridized carbons (Fsp3) is 0.400. The molecule has 4 heteroatoms. The Bertz CT molecular complexity index is 431. The monoisotopic (exact) mass is 262 g/mol. The van der Waals surface area contributed by atoms with Gasteiger partial charge < -0.3 is 5.48 Å². The van der Waals surface area contributed by atoms with E-state index in [0.717, 1.165) is 31.3 Å². The molecule has 0 aromatic heterocycles. The molecule has 0 aromatic carbocycles. The minimum atomic E-state index is -0.744. The first-order chi connectivity index (χ1) is 8.61.